The number of rotatable bonds is 5. The molecule has 2 rings (SSSR count). The van der Waals surface area contributed by atoms with E-state index in [1.54, 1.807) is 4.90 Å². The van der Waals surface area contributed by atoms with Gasteiger partial charge in [-0.3, -0.25) is 4.79 Å². The van der Waals surface area contributed by atoms with Crippen LogP contribution in [0.5, 0.6) is 0 Å². The lowest BCUT2D eigenvalue weighted by atomic mass is 9.97. The maximum absolute atomic E-state index is 12.5. The molecular formula is C17H25N3O. The number of nitrogens with one attached hydrogen (secondary N) is 1. The summed E-state index contributed by atoms with van der Waals surface area (Å²) in [6.45, 7) is 6.20. The van der Waals surface area contributed by atoms with E-state index < -0.39 is 6.04 Å². The molecule has 4 nitrogen and oxygen atoms in total. The lowest BCUT2D eigenvalue weighted by molar-refractivity contribution is -0.136. The highest BCUT2D eigenvalue weighted by Crippen LogP contribution is 2.21. The first-order valence-electron chi connectivity index (χ1n) is 7.45. The van der Waals surface area contributed by atoms with E-state index in [0.717, 1.165) is 22.9 Å². The fourth-order valence-electron chi connectivity index (χ4n) is 2.41. The van der Waals surface area contributed by atoms with Gasteiger partial charge in [-0.25, -0.2) is 0 Å². The summed E-state index contributed by atoms with van der Waals surface area (Å²) >= 11 is 0. The number of benzene rings is 1. The minimum absolute atomic E-state index is 0.00729. The quantitative estimate of drug-likeness (QED) is 0.888. The molecule has 3 N–H and O–H groups in total. The summed E-state index contributed by atoms with van der Waals surface area (Å²) < 4.78 is 0. The average molecular weight is 287 g/mol. The van der Waals surface area contributed by atoms with Gasteiger partial charge in [0.25, 0.3) is 0 Å². The molecule has 0 radical (unpaired) electrons. The fraction of sp³-hybridized carbons (Fsp3) is 0.471. The molecule has 0 fully saturated rings. The van der Waals surface area contributed by atoms with E-state index in [1.807, 2.05) is 31.4 Å². The maximum atomic E-state index is 12.5. The number of carbonyl (C=O) groups excluding carboxylic acids is 1. The molecule has 1 aromatic heterocycles. The first-order valence-corrected chi connectivity index (χ1v) is 7.45. The van der Waals surface area contributed by atoms with Crippen LogP contribution in [0.2, 0.25) is 0 Å². The Morgan fingerprint density at radius 2 is 2.05 bits per heavy atom. The number of para-hydroxylation sites is 1. The van der Waals surface area contributed by atoms with Crippen LogP contribution in [0, 0.1) is 0 Å². The molecule has 4 heteroatoms. The summed E-state index contributed by atoms with van der Waals surface area (Å²) in [6, 6.07) is 7.56. The van der Waals surface area contributed by atoms with Crippen LogP contribution in [0.4, 0.5) is 0 Å². The second kappa shape index (κ2) is 5.90. The van der Waals surface area contributed by atoms with Crippen LogP contribution < -0.4 is 5.73 Å². The van der Waals surface area contributed by atoms with Gasteiger partial charge in [0, 0.05) is 29.7 Å². The van der Waals surface area contributed by atoms with Gasteiger partial charge >= 0.3 is 0 Å². The summed E-state index contributed by atoms with van der Waals surface area (Å²) in [5.74, 6) is -0.00729. The Hall–Kier alpha value is -1.81. The molecule has 0 spiro atoms. The molecule has 0 saturated carbocycles. The Morgan fingerprint density at radius 1 is 1.38 bits per heavy atom. The summed E-state index contributed by atoms with van der Waals surface area (Å²) in [6.07, 6.45) is 3.39. The number of carbonyl (C=O) groups is 1. The van der Waals surface area contributed by atoms with Crippen LogP contribution in [-0.2, 0) is 11.2 Å². The number of amides is 1. The molecule has 0 aliphatic heterocycles. The number of aromatic nitrogens is 1. The molecule has 0 aliphatic carbocycles. The Bertz CT molecular complexity index is 630. The summed E-state index contributed by atoms with van der Waals surface area (Å²) in [5, 5.41) is 1.14. The Kier molecular flexibility index (Phi) is 4.37. The van der Waals surface area contributed by atoms with E-state index in [1.165, 1.54) is 0 Å². The maximum Gasteiger partial charge on any atom is 0.240 e. The normalized spacial score (nSPS) is 13.4. The van der Waals surface area contributed by atoms with Crippen molar-refractivity contribution < 1.29 is 4.79 Å². The third-order valence-electron chi connectivity index (χ3n) is 4.54. The van der Waals surface area contributed by atoms with Gasteiger partial charge in [-0.05, 0) is 38.3 Å². The molecule has 1 atom stereocenters. The van der Waals surface area contributed by atoms with E-state index in [9.17, 15) is 4.79 Å². The standard InChI is InChI=1S/C17H25N3O/c1-5-17(2,3)20(4)16(21)14(18)10-12-11-19-15-9-7-6-8-13(12)15/h6-9,11,14,19H,5,10,18H2,1-4H3. The zero-order chi connectivity index (χ0) is 15.6. The molecule has 1 amide bonds. The molecule has 21 heavy (non-hydrogen) atoms. The molecule has 0 saturated heterocycles. The Balaban J connectivity index is 2.14. The van der Waals surface area contributed by atoms with Gasteiger partial charge in [0.05, 0.1) is 6.04 Å². The highest BCUT2D eigenvalue weighted by Gasteiger charge is 2.29. The highest BCUT2D eigenvalue weighted by atomic mass is 16.2. The monoisotopic (exact) mass is 287 g/mol. The van der Waals surface area contributed by atoms with Crippen molar-refractivity contribution in [2.75, 3.05) is 7.05 Å². The van der Waals surface area contributed by atoms with Gasteiger partial charge < -0.3 is 15.6 Å². The van der Waals surface area contributed by atoms with Crippen LogP contribution in [0.25, 0.3) is 10.9 Å². The number of aromatic amines is 1. The lowest BCUT2D eigenvalue weighted by Gasteiger charge is -2.36. The van der Waals surface area contributed by atoms with Crippen molar-refractivity contribution in [1.29, 1.82) is 0 Å². The van der Waals surface area contributed by atoms with Crippen LogP contribution in [0.1, 0.15) is 32.8 Å². The largest absolute Gasteiger partial charge is 0.361 e. The Morgan fingerprint density at radius 3 is 2.71 bits per heavy atom. The van der Waals surface area contributed by atoms with Crippen LogP contribution >= 0.6 is 0 Å². The van der Waals surface area contributed by atoms with Crippen molar-refractivity contribution >= 4 is 16.8 Å². The average Bonchev–Trinajstić information content (AvgIpc) is 2.89. The topological polar surface area (TPSA) is 62.1 Å². The van der Waals surface area contributed by atoms with Crippen LogP contribution in [0.3, 0.4) is 0 Å². The van der Waals surface area contributed by atoms with Crippen molar-refractivity contribution in [2.45, 2.75) is 45.2 Å². The minimum Gasteiger partial charge on any atom is -0.361 e. The fourth-order valence-corrected chi connectivity index (χ4v) is 2.41. The number of hydrogen-bond acceptors (Lipinski definition) is 2. The van der Waals surface area contributed by atoms with E-state index in [2.05, 4.69) is 31.8 Å². The first kappa shape index (κ1) is 15.6. The van der Waals surface area contributed by atoms with E-state index in [0.29, 0.717) is 6.42 Å². The zero-order valence-electron chi connectivity index (χ0n) is 13.3. The first-order chi connectivity index (χ1) is 9.86. The van der Waals surface area contributed by atoms with Crippen LogP contribution in [-0.4, -0.2) is 34.4 Å². The van der Waals surface area contributed by atoms with Crippen molar-refractivity contribution in [3.8, 4) is 0 Å². The molecule has 0 bridgehead atoms. The predicted molar refractivity (Wildman–Crippen MR) is 87.1 cm³/mol. The Labute approximate surface area is 126 Å². The van der Waals surface area contributed by atoms with Crippen LogP contribution in [0.15, 0.2) is 30.5 Å². The van der Waals surface area contributed by atoms with E-state index in [-0.39, 0.29) is 11.4 Å². The lowest BCUT2D eigenvalue weighted by Crippen LogP contribution is -2.51. The number of H-pyrrole nitrogens is 1. The molecule has 2 aromatic rings. The SMILES string of the molecule is CCC(C)(C)N(C)C(=O)C(N)Cc1c[nH]c2ccccc12. The summed E-state index contributed by atoms with van der Waals surface area (Å²) in [5.41, 5.74) is 8.14. The van der Waals surface area contributed by atoms with Gasteiger partial charge in [0.2, 0.25) is 5.91 Å². The third-order valence-corrected chi connectivity index (χ3v) is 4.54. The number of likely N-dealkylation sites (N-methyl/N-ethyl adjacent to an activating group) is 1. The number of fused-ring (bicyclic) bond motifs is 1. The molecule has 1 aromatic carbocycles. The number of nitrogens with zero attached hydrogens (tertiary/aromatic N) is 1. The molecule has 0 aliphatic rings. The highest BCUT2D eigenvalue weighted by molar-refractivity contribution is 5.86. The third kappa shape index (κ3) is 3.10. The van der Waals surface area contributed by atoms with Gasteiger partial charge in [-0.15, -0.1) is 0 Å². The molecule has 114 valence electrons. The van der Waals surface area contributed by atoms with Crippen molar-refractivity contribution in [2.24, 2.45) is 5.73 Å². The van der Waals surface area contributed by atoms with E-state index >= 15 is 0 Å². The zero-order valence-corrected chi connectivity index (χ0v) is 13.3. The van der Waals surface area contributed by atoms with Gasteiger partial charge in [0.1, 0.15) is 0 Å². The van der Waals surface area contributed by atoms with Crippen molar-refractivity contribution in [3.63, 3.8) is 0 Å². The molecule has 1 heterocycles. The molecular weight excluding hydrogens is 262 g/mol. The predicted octanol–water partition coefficient (Wildman–Crippen LogP) is 2.68. The second-order valence-electron chi connectivity index (χ2n) is 6.23. The van der Waals surface area contributed by atoms with Crippen molar-refractivity contribution in [1.82, 2.24) is 9.88 Å². The number of hydrogen-bond donors (Lipinski definition) is 2. The van der Waals surface area contributed by atoms with Gasteiger partial charge in [-0.1, -0.05) is 25.1 Å². The molecule has 1 unspecified atom stereocenters. The van der Waals surface area contributed by atoms with Gasteiger partial charge in [0.15, 0.2) is 0 Å². The number of nitrogens with two attached hydrogens (primary N) is 1. The van der Waals surface area contributed by atoms with E-state index in [4.69, 9.17) is 5.73 Å². The van der Waals surface area contributed by atoms with Gasteiger partial charge in [-0.2, -0.15) is 0 Å². The van der Waals surface area contributed by atoms with Crippen molar-refractivity contribution in [3.05, 3.63) is 36.0 Å². The minimum atomic E-state index is -0.514. The summed E-state index contributed by atoms with van der Waals surface area (Å²) in [4.78, 5) is 17.5. The smallest absolute Gasteiger partial charge is 0.240 e. The second-order valence-corrected chi connectivity index (χ2v) is 6.23. The summed E-state index contributed by atoms with van der Waals surface area (Å²) in [7, 11) is 1.83.